The lowest BCUT2D eigenvalue weighted by atomic mass is 10.2. The summed E-state index contributed by atoms with van der Waals surface area (Å²) in [6.07, 6.45) is 0. The third-order valence-electron chi connectivity index (χ3n) is 3.71. The van der Waals surface area contributed by atoms with Gasteiger partial charge in [-0.25, -0.2) is 4.98 Å². The highest BCUT2D eigenvalue weighted by Crippen LogP contribution is 2.31. The second kappa shape index (κ2) is 10.5. The average Bonchev–Trinajstić information content (AvgIpc) is 3.09. The third-order valence-corrected chi connectivity index (χ3v) is 6.01. The second-order valence-electron chi connectivity index (χ2n) is 5.92. The Morgan fingerprint density at radius 3 is 2.52 bits per heavy atom. The van der Waals surface area contributed by atoms with Crippen LogP contribution in [0.3, 0.4) is 0 Å². The van der Waals surface area contributed by atoms with Crippen molar-refractivity contribution in [3.8, 4) is 17.6 Å². The van der Waals surface area contributed by atoms with E-state index in [0.29, 0.717) is 23.2 Å². The topological polar surface area (TPSA) is 84.2 Å². The van der Waals surface area contributed by atoms with Gasteiger partial charge in [-0.05, 0) is 36.8 Å². The fourth-order valence-corrected chi connectivity index (χ4v) is 4.16. The maximum atomic E-state index is 12.1. The number of rotatable bonds is 9. The lowest BCUT2D eigenvalue weighted by Crippen LogP contribution is -2.20. The highest BCUT2D eigenvalue weighted by molar-refractivity contribution is 8.01. The lowest BCUT2D eigenvalue weighted by Gasteiger charge is -2.08. The minimum atomic E-state index is -0.292. The van der Waals surface area contributed by atoms with Gasteiger partial charge >= 0.3 is 0 Å². The van der Waals surface area contributed by atoms with Crippen LogP contribution in [0.4, 0.5) is 5.13 Å². The number of nitriles is 1. The number of thioether (sulfide) groups is 1. The number of hydrogen-bond acceptors (Lipinski definition) is 7. The van der Waals surface area contributed by atoms with Gasteiger partial charge in [0.15, 0.2) is 11.7 Å². The molecule has 1 N–H and O–H groups in total. The average molecular weight is 426 g/mol. The first-order valence-electron chi connectivity index (χ1n) is 8.80. The van der Waals surface area contributed by atoms with E-state index in [0.717, 1.165) is 21.2 Å². The van der Waals surface area contributed by atoms with Crippen LogP contribution in [-0.4, -0.2) is 23.3 Å². The summed E-state index contributed by atoms with van der Waals surface area (Å²) in [6, 6.07) is 19.1. The molecule has 29 heavy (non-hydrogen) atoms. The number of aryl methyl sites for hydroxylation is 1. The van der Waals surface area contributed by atoms with Crippen LogP contribution in [0.15, 0.2) is 58.8 Å². The van der Waals surface area contributed by atoms with Crippen molar-refractivity contribution >= 4 is 34.1 Å². The van der Waals surface area contributed by atoms with Gasteiger partial charge in [0.25, 0.3) is 5.91 Å². The molecule has 148 valence electrons. The van der Waals surface area contributed by atoms with Gasteiger partial charge in [0.1, 0.15) is 18.1 Å². The molecule has 0 radical (unpaired) electrons. The van der Waals surface area contributed by atoms with E-state index >= 15 is 0 Å². The first-order valence-corrected chi connectivity index (χ1v) is 10.6. The molecule has 3 aromatic rings. The Labute approximate surface area is 177 Å². The Balaban J connectivity index is 1.45. The summed E-state index contributed by atoms with van der Waals surface area (Å²) in [4.78, 5) is 16.4. The first kappa shape index (κ1) is 20.7. The van der Waals surface area contributed by atoms with Crippen molar-refractivity contribution in [3.63, 3.8) is 0 Å². The zero-order valence-corrected chi connectivity index (χ0v) is 17.4. The van der Waals surface area contributed by atoms with E-state index in [1.807, 2.05) is 37.3 Å². The largest absolute Gasteiger partial charge is 0.489 e. The number of nitrogens with zero attached hydrogens (tertiary/aromatic N) is 2. The van der Waals surface area contributed by atoms with Gasteiger partial charge in [0.2, 0.25) is 0 Å². The number of anilines is 1. The summed E-state index contributed by atoms with van der Waals surface area (Å²) in [5.41, 5.74) is 1.90. The summed E-state index contributed by atoms with van der Waals surface area (Å²) >= 11 is 2.76. The number of thiazole rings is 1. The molecule has 2 aromatic carbocycles. The minimum Gasteiger partial charge on any atom is -0.489 e. The molecule has 0 aliphatic rings. The number of ether oxygens (including phenoxy) is 2. The van der Waals surface area contributed by atoms with Crippen molar-refractivity contribution in [2.45, 2.75) is 17.7 Å². The molecule has 3 rings (SSSR count). The number of nitrogens with one attached hydrogen (secondary N) is 1. The van der Waals surface area contributed by atoms with E-state index in [4.69, 9.17) is 14.7 Å². The van der Waals surface area contributed by atoms with Crippen LogP contribution >= 0.6 is 23.1 Å². The van der Waals surface area contributed by atoms with Crippen LogP contribution in [0.25, 0.3) is 0 Å². The molecule has 0 spiro atoms. The van der Waals surface area contributed by atoms with Gasteiger partial charge in [-0.3, -0.25) is 10.1 Å². The normalized spacial score (nSPS) is 10.2. The number of hydrogen-bond donors (Lipinski definition) is 1. The van der Waals surface area contributed by atoms with Crippen LogP contribution in [0.2, 0.25) is 0 Å². The molecule has 0 atom stereocenters. The van der Waals surface area contributed by atoms with Gasteiger partial charge in [-0.1, -0.05) is 53.4 Å². The monoisotopic (exact) mass is 425 g/mol. The van der Waals surface area contributed by atoms with Crippen molar-refractivity contribution in [3.05, 3.63) is 65.9 Å². The Morgan fingerprint density at radius 1 is 1.14 bits per heavy atom. The van der Waals surface area contributed by atoms with Crippen molar-refractivity contribution in [1.29, 1.82) is 5.26 Å². The van der Waals surface area contributed by atoms with E-state index in [1.165, 1.54) is 23.1 Å². The molecule has 0 aliphatic heterocycles. The summed E-state index contributed by atoms with van der Waals surface area (Å²) < 4.78 is 12.2. The fraction of sp³-hybridized carbons (Fsp3) is 0.190. The number of carbonyl (C=O) groups excluding carboxylic acids is 1. The maximum absolute atomic E-state index is 12.1. The van der Waals surface area contributed by atoms with Crippen molar-refractivity contribution in [2.24, 2.45) is 0 Å². The van der Waals surface area contributed by atoms with Crippen LogP contribution in [0, 0.1) is 18.3 Å². The van der Waals surface area contributed by atoms with E-state index in [1.54, 1.807) is 24.3 Å². The molecule has 0 unspecified atom stereocenters. The molecule has 6 nitrogen and oxygen atoms in total. The van der Waals surface area contributed by atoms with E-state index in [2.05, 4.69) is 16.4 Å². The van der Waals surface area contributed by atoms with Crippen LogP contribution in [0.1, 0.15) is 11.3 Å². The highest BCUT2D eigenvalue weighted by atomic mass is 32.2. The predicted octanol–water partition coefficient (Wildman–Crippen LogP) is 4.66. The quantitative estimate of drug-likeness (QED) is 0.502. The zero-order valence-electron chi connectivity index (χ0n) is 15.8. The van der Waals surface area contributed by atoms with Crippen LogP contribution in [0.5, 0.6) is 11.5 Å². The van der Waals surface area contributed by atoms with Crippen molar-refractivity contribution in [1.82, 2.24) is 4.98 Å². The number of amides is 1. The van der Waals surface area contributed by atoms with Crippen LogP contribution in [-0.2, 0) is 11.4 Å². The lowest BCUT2D eigenvalue weighted by molar-refractivity contribution is -0.118. The molecular weight excluding hydrogens is 406 g/mol. The van der Waals surface area contributed by atoms with Gasteiger partial charge < -0.3 is 9.47 Å². The Morgan fingerprint density at radius 2 is 1.83 bits per heavy atom. The molecule has 1 heterocycles. The summed E-state index contributed by atoms with van der Waals surface area (Å²) in [7, 11) is 0. The molecule has 0 bridgehead atoms. The Kier molecular flexibility index (Phi) is 7.50. The molecule has 0 saturated heterocycles. The highest BCUT2D eigenvalue weighted by Gasteiger charge is 2.11. The summed E-state index contributed by atoms with van der Waals surface area (Å²) in [6.45, 7) is 2.22. The van der Waals surface area contributed by atoms with Gasteiger partial charge in [0, 0.05) is 0 Å². The van der Waals surface area contributed by atoms with Gasteiger partial charge in [-0.15, -0.1) is 0 Å². The molecular formula is C21H19N3O3S2. The summed E-state index contributed by atoms with van der Waals surface area (Å²) in [5.74, 6) is 1.36. The Bertz CT molecular complexity index is 983. The number of aromatic nitrogens is 1. The molecule has 1 amide bonds. The number of benzene rings is 2. The number of carbonyl (C=O) groups is 1. The fourth-order valence-electron chi connectivity index (χ4n) is 2.34. The van der Waals surface area contributed by atoms with E-state index < -0.39 is 0 Å². The van der Waals surface area contributed by atoms with Crippen molar-refractivity contribution in [2.75, 3.05) is 17.7 Å². The molecule has 0 saturated carbocycles. The van der Waals surface area contributed by atoms with E-state index in [-0.39, 0.29) is 12.5 Å². The second-order valence-corrected chi connectivity index (χ2v) is 8.16. The smallest absolute Gasteiger partial charge is 0.264 e. The van der Waals surface area contributed by atoms with Crippen molar-refractivity contribution < 1.29 is 14.3 Å². The molecule has 0 fully saturated rings. The zero-order chi connectivity index (χ0) is 20.5. The molecule has 8 heteroatoms. The minimum absolute atomic E-state index is 0.122. The standard InChI is InChI=1S/C21H19N3O3S2/c1-15-20(28-12-11-22)29-21(23-15)24-19(25)14-27-18-9-7-17(8-10-18)26-13-16-5-3-2-4-6-16/h2-10H,12-14H2,1H3,(H,23,24,25). The Hall–Kier alpha value is -3.02. The van der Waals surface area contributed by atoms with Gasteiger partial charge in [-0.2, -0.15) is 5.26 Å². The SMILES string of the molecule is Cc1nc(NC(=O)COc2ccc(OCc3ccccc3)cc2)sc1SCC#N. The molecule has 0 aliphatic carbocycles. The maximum Gasteiger partial charge on any atom is 0.264 e. The van der Waals surface area contributed by atoms with E-state index in [9.17, 15) is 4.79 Å². The van der Waals surface area contributed by atoms with Gasteiger partial charge in [0.05, 0.1) is 21.7 Å². The van der Waals surface area contributed by atoms with Crippen LogP contribution < -0.4 is 14.8 Å². The molecule has 1 aromatic heterocycles. The summed E-state index contributed by atoms with van der Waals surface area (Å²) in [5, 5.41) is 11.9. The predicted molar refractivity (Wildman–Crippen MR) is 115 cm³/mol. The third kappa shape index (κ3) is 6.52. The first-order chi connectivity index (χ1) is 14.1.